The average molecular weight is 549 g/mol. The Balaban J connectivity index is 1.65. The molecule has 0 bridgehead atoms. The van der Waals surface area contributed by atoms with Crippen LogP contribution in [0, 0.1) is 23.7 Å². The zero-order valence-electron chi connectivity index (χ0n) is 22.0. The summed E-state index contributed by atoms with van der Waals surface area (Å²) in [6.07, 6.45) is -7.48. The molecular weight excluding hydrogens is 517 g/mol. The molecule has 1 saturated heterocycles. The third-order valence-corrected chi connectivity index (χ3v) is 8.12. The van der Waals surface area contributed by atoms with Crippen molar-refractivity contribution in [3.05, 3.63) is 72.4 Å². The van der Waals surface area contributed by atoms with Gasteiger partial charge in [-0.25, -0.2) is 9.59 Å². The van der Waals surface area contributed by atoms with Gasteiger partial charge in [0.2, 0.25) is 0 Å². The number of halogens is 3. The Hall–Kier alpha value is -3.40. The molecule has 0 aromatic heterocycles. The molecule has 0 spiro atoms. The van der Waals surface area contributed by atoms with Crippen LogP contribution in [0.2, 0.25) is 0 Å². The van der Waals surface area contributed by atoms with Crippen molar-refractivity contribution in [2.45, 2.75) is 56.8 Å². The first-order valence-electron chi connectivity index (χ1n) is 12.6. The highest BCUT2D eigenvalue weighted by atomic mass is 19.4. The number of esters is 3. The van der Waals surface area contributed by atoms with Crippen LogP contribution >= 0.6 is 0 Å². The first-order valence-corrected chi connectivity index (χ1v) is 12.6. The summed E-state index contributed by atoms with van der Waals surface area (Å²) < 4.78 is 64.9. The quantitative estimate of drug-likeness (QED) is 0.218. The van der Waals surface area contributed by atoms with Crippen LogP contribution in [0.15, 0.2) is 66.8 Å². The zero-order chi connectivity index (χ0) is 28.9. The molecular formula is C29H31F3O7. The Morgan fingerprint density at radius 3 is 2.31 bits per heavy atom. The molecule has 1 aliphatic heterocycles. The summed E-state index contributed by atoms with van der Waals surface area (Å²) in [6, 6.07) is 6.54. The number of ether oxygens (including phenoxy) is 4. The predicted octanol–water partition coefficient (Wildman–Crippen LogP) is 4.82. The second-order valence-corrected chi connectivity index (χ2v) is 10.4. The summed E-state index contributed by atoms with van der Waals surface area (Å²) in [7, 11) is 0.799. The van der Waals surface area contributed by atoms with Crippen molar-refractivity contribution in [2.75, 3.05) is 7.11 Å². The van der Waals surface area contributed by atoms with Gasteiger partial charge in [0.25, 0.3) is 5.60 Å². The fourth-order valence-corrected chi connectivity index (χ4v) is 6.10. The van der Waals surface area contributed by atoms with Crippen molar-refractivity contribution < 1.29 is 46.5 Å². The van der Waals surface area contributed by atoms with E-state index in [1.54, 1.807) is 6.92 Å². The molecule has 2 saturated carbocycles. The lowest BCUT2D eigenvalue weighted by molar-refractivity contribution is -0.277. The Kier molecular flexibility index (Phi) is 7.55. The van der Waals surface area contributed by atoms with Crippen LogP contribution in [0.5, 0.6) is 0 Å². The van der Waals surface area contributed by atoms with E-state index < -0.39 is 77.2 Å². The maximum Gasteiger partial charge on any atom is 0.432 e. The summed E-state index contributed by atoms with van der Waals surface area (Å²) in [4.78, 5) is 38.3. The molecule has 8 atom stereocenters. The van der Waals surface area contributed by atoms with Gasteiger partial charge < -0.3 is 18.9 Å². The van der Waals surface area contributed by atoms with E-state index in [0.717, 1.165) is 19.2 Å². The number of rotatable bonds is 6. The molecule has 39 heavy (non-hydrogen) atoms. The van der Waals surface area contributed by atoms with Crippen LogP contribution in [0.25, 0.3) is 0 Å². The van der Waals surface area contributed by atoms with E-state index in [4.69, 9.17) is 18.9 Å². The Morgan fingerprint density at radius 2 is 1.74 bits per heavy atom. The second-order valence-electron chi connectivity index (χ2n) is 10.4. The smallest absolute Gasteiger partial charge is 0.432 e. The first kappa shape index (κ1) is 28.6. The summed E-state index contributed by atoms with van der Waals surface area (Å²) in [6.45, 7) is 15.0. The van der Waals surface area contributed by atoms with E-state index in [0.29, 0.717) is 11.1 Å². The number of fused-ring (bicyclic) bond motifs is 3. The maximum atomic E-state index is 14.4. The predicted molar refractivity (Wildman–Crippen MR) is 133 cm³/mol. The van der Waals surface area contributed by atoms with Crippen molar-refractivity contribution in [3.8, 4) is 0 Å². The lowest BCUT2D eigenvalue weighted by Gasteiger charge is -2.34. The van der Waals surface area contributed by atoms with E-state index >= 15 is 0 Å². The summed E-state index contributed by atoms with van der Waals surface area (Å²) in [5, 5.41) is 0. The Labute approximate surface area is 224 Å². The fraction of sp³-hybridized carbons (Fsp3) is 0.483. The molecule has 0 radical (unpaired) electrons. The molecule has 4 rings (SSSR count). The fourth-order valence-electron chi connectivity index (χ4n) is 6.10. The summed E-state index contributed by atoms with van der Waals surface area (Å²) in [5.74, 6) is -4.94. The van der Waals surface area contributed by atoms with Crippen molar-refractivity contribution >= 4 is 17.9 Å². The minimum absolute atomic E-state index is 0.0802. The van der Waals surface area contributed by atoms with Gasteiger partial charge in [0.15, 0.2) is 0 Å². The maximum absolute atomic E-state index is 14.4. The molecule has 1 aromatic rings. The number of carbonyl (C=O) groups is 3. The van der Waals surface area contributed by atoms with Crippen LogP contribution in [-0.2, 0) is 38.9 Å². The van der Waals surface area contributed by atoms with Crippen molar-refractivity contribution in [2.24, 2.45) is 23.7 Å². The third-order valence-electron chi connectivity index (χ3n) is 8.12. The molecule has 7 nitrogen and oxygen atoms in total. The number of carbonyl (C=O) groups excluding carboxylic acids is 3. The van der Waals surface area contributed by atoms with Crippen LogP contribution in [-0.4, -0.2) is 49.5 Å². The van der Waals surface area contributed by atoms with E-state index in [1.165, 1.54) is 25.1 Å². The molecule has 10 heteroatoms. The standard InChI is InChI=1S/C29H31F3O7/c1-14(2)25(33)37-21-12-15(3)19-13-20(16(4)22(19)24-23(21)17(5)26(34)39-24)38-27(35)28(36-6,29(30,31)32)18-10-8-7-9-11-18/h7-11,17,19-24H,1,3-4,12-13H2,2,5-6H3/t17-,19-,20+,21-,22-,23+,24+,28-/m0/s1. The largest absolute Gasteiger partial charge is 0.461 e. The van der Waals surface area contributed by atoms with E-state index in [-0.39, 0.29) is 18.4 Å². The normalized spacial score (nSPS) is 31.8. The van der Waals surface area contributed by atoms with Crippen LogP contribution in [0.1, 0.15) is 32.3 Å². The van der Waals surface area contributed by atoms with Gasteiger partial charge in [0.1, 0.15) is 18.3 Å². The number of alkyl halides is 3. The summed E-state index contributed by atoms with van der Waals surface area (Å²) in [5.41, 5.74) is -2.64. The van der Waals surface area contributed by atoms with Gasteiger partial charge in [-0.1, -0.05) is 62.6 Å². The van der Waals surface area contributed by atoms with E-state index in [2.05, 4.69) is 19.7 Å². The average Bonchev–Trinajstić information content (AvgIpc) is 3.30. The van der Waals surface area contributed by atoms with Gasteiger partial charge in [-0.15, -0.1) is 0 Å². The van der Waals surface area contributed by atoms with Crippen LogP contribution in [0.4, 0.5) is 13.2 Å². The monoisotopic (exact) mass is 548 g/mol. The molecule has 1 heterocycles. The second kappa shape index (κ2) is 10.3. The van der Waals surface area contributed by atoms with Crippen LogP contribution in [0.3, 0.4) is 0 Å². The van der Waals surface area contributed by atoms with Gasteiger partial charge in [0.05, 0.1) is 5.92 Å². The van der Waals surface area contributed by atoms with E-state index in [9.17, 15) is 27.6 Å². The zero-order valence-corrected chi connectivity index (χ0v) is 22.0. The molecule has 210 valence electrons. The molecule has 2 aliphatic carbocycles. The van der Waals surface area contributed by atoms with Crippen molar-refractivity contribution in [1.82, 2.24) is 0 Å². The molecule has 3 aliphatic rings. The van der Waals surface area contributed by atoms with Gasteiger partial charge in [-0.3, -0.25) is 4.79 Å². The van der Waals surface area contributed by atoms with Gasteiger partial charge in [0, 0.05) is 36.5 Å². The lowest BCUT2D eigenvalue weighted by atomic mass is 9.79. The minimum atomic E-state index is -5.13. The first-order chi connectivity index (χ1) is 18.2. The van der Waals surface area contributed by atoms with Crippen molar-refractivity contribution in [3.63, 3.8) is 0 Å². The van der Waals surface area contributed by atoms with Crippen LogP contribution < -0.4 is 0 Å². The van der Waals surface area contributed by atoms with Gasteiger partial charge >= 0.3 is 24.1 Å². The van der Waals surface area contributed by atoms with E-state index in [1.807, 2.05) is 0 Å². The SMILES string of the molecule is C=C(C)C(=O)O[C@H]1CC(=C)[C@@H]2C[C@@H](OC(=O)[C@@](OC)(c3ccccc3)C(F)(F)F)C(=C)[C@@H]2[C@H]2OC(=O)[C@@H](C)[C@@H]21. The third kappa shape index (κ3) is 4.68. The Morgan fingerprint density at radius 1 is 1.10 bits per heavy atom. The van der Waals surface area contributed by atoms with Crippen molar-refractivity contribution in [1.29, 1.82) is 0 Å². The molecule has 1 aromatic carbocycles. The highest BCUT2D eigenvalue weighted by molar-refractivity contribution is 5.87. The topological polar surface area (TPSA) is 88.1 Å². The molecule has 0 unspecified atom stereocenters. The number of hydrogen-bond donors (Lipinski definition) is 0. The summed E-state index contributed by atoms with van der Waals surface area (Å²) >= 11 is 0. The number of benzene rings is 1. The Bertz CT molecular complexity index is 1210. The molecule has 0 N–H and O–H groups in total. The minimum Gasteiger partial charge on any atom is -0.461 e. The molecule has 3 fully saturated rings. The van der Waals surface area contributed by atoms with Gasteiger partial charge in [-0.05, 0) is 24.8 Å². The lowest BCUT2D eigenvalue weighted by Crippen LogP contribution is -2.52. The number of methoxy groups -OCH3 is 1. The molecule has 0 amide bonds. The van der Waals surface area contributed by atoms with Gasteiger partial charge in [-0.2, -0.15) is 13.2 Å². The highest BCUT2D eigenvalue weighted by Crippen LogP contribution is 2.54. The highest BCUT2D eigenvalue weighted by Gasteiger charge is 2.65. The number of hydrogen-bond acceptors (Lipinski definition) is 7.